The molecule has 0 aromatic heterocycles. The summed E-state index contributed by atoms with van der Waals surface area (Å²) in [5.41, 5.74) is 0.244. The standard InChI is InChI=1S/C13H17NO4/c1-13(17,5-2-6-15)9-3-4-11-10(7-9)14-12(16)8-18-11/h3-4,7,15,17H,2,5-6,8H2,1H3,(H,14,16). The van der Waals surface area contributed by atoms with Crippen LogP contribution in [-0.4, -0.2) is 29.3 Å². The molecular weight excluding hydrogens is 234 g/mol. The van der Waals surface area contributed by atoms with E-state index >= 15 is 0 Å². The number of amides is 1. The number of nitrogens with one attached hydrogen (secondary N) is 1. The molecule has 0 saturated heterocycles. The molecule has 1 aliphatic heterocycles. The monoisotopic (exact) mass is 251 g/mol. The number of hydrogen-bond donors (Lipinski definition) is 3. The lowest BCUT2D eigenvalue weighted by molar-refractivity contribution is -0.118. The molecule has 1 atom stereocenters. The number of aliphatic hydroxyl groups excluding tert-OH is 1. The van der Waals surface area contributed by atoms with E-state index in [1.807, 2.05) is 0 Å². The van der Waals surface area contributed by atoms with Crippen LogP contribution >= 0.6 is 0 Å². The third kappa shape index (κ3) is 2.63. The van der Waals surface area contributed by atoms with Crippen LogP contribution in [0.1, 0.15) is 25.3 Å². The molecule has 1 aliphatic rings. The van der Waals surface area contributed by atoms with Gasteiger partial charge in [0.25, 0.3) is 5.91 Å². The summed E-state index contributed by atoms with van der Waals surface area (Å²) in [6.45, 7) is 1.75. The van der Waals surface area contributed by atoms with Gasteiger partial charge in [-0.15, -0.1) is 0 Å². The van der Waals surface area contributed by atoms with Gasteiger partial charge in [0.1, 0.15) is 5.75 Å². The van der Waals surface area contributed by atoms with Crippen molar-refractivity contribution in [3.8, 4) is 5.75 Å². The second-order valence-corrected chi connectivity index (χ2v) is 4.65. The van der Waals surface area contributed by atoms with Crippen LogP contribution in [0.2, 0.25) is 0 Å². The third-order valence-corrected chi connectivity index (χ3v) is 3.06. The van der Waals surface area contributed by atoms with Gasteiger partial charge in [0.05, 0.1) is 11.3 Å². The Balaban J connectivity index is 2.24. The average Bonchev–Trinajstić information content (AvgIpc) is 2.35. The van der Waals surface area contributed by atoms with E-state index in [0.717, 1.165) is 0 Å². The molecule has 1 aromatic rings. The lowest BCUT2D eigenvalue weighted by Crippen LogP contribution is -2.27. The SMILES string of the molecule is CC(O)(CCCO)c1ccc2c(c1)NC(=O)CO2. The topological polar surface area (TPSA) is 78.8 Å². The zero-order valence-corrected chi connectivity index (χ0v) is 10.3. The van der Waals surface area contributed by atoms with Crippen LogP contribution in [0.5, 0.6) is 5.75 Å². The fourth-order valence-electron chi connectivity index (χ4n) is 1.99. The minimum Gasteiger partial charge on any atom is -0.482 e. The number of carbonyl (C=O) groups excluding carboxylic acids is 1. The number of aliphatic hydroxyl groups is 2. The van der Waals surface area contributed by atoms with Gasteiger partial charge in [0.15, 0.2) is 6.61 Å². The lowest BCUT2D eigenvalue weighted by Gasteiger charge is -2.26. The van der Waals surface area contributed by atoms with Crippen molar-refractivity contribution < 1.29 is 19.7 Å². The summed E-state index contributed by atoms with van der Waals surface area (Å²) in [7, 11) is 0. The molecule has 18 heavy (non-hydrogen) atoms. The Hall–Kier alpha value is -1.59. The Bertz CT molecular complexity index is 456. The smallest absolute Gasteiger partial charge is 0.262 e. The first-order valence-electron chi connectivity index (χ1n) is 5.93. The molecule has 1 unspecified atom stereocenters. The molecule has 5 heteroatoms. The summed E-state index contributed by atoms with van der Waals surface area (Å²) in [5.74, 6) is 0.408. The van der Waals surface area contributed by atoms with Crippen molar-refractivity contribution in [2.24, 2.45) is 0 Å². The third-order valence-electron chi connectivity index (χ3n) is 3.06. The Morgan fingerprint density at radius 1 is 1.50 bits per heavy atom. The van der Waals surface area contributed by atoms with Gasteiger partial charge in [0, 0.05) is 6.61 Å². The van der Waals surface area contributed by atoms with E-state index in [-0.39, 0.29) is 19.1 Å². The highest BCUT2D eigenvalue weighted by Gasteiger charge is 2.25. The molecule has 5 nitrogen and oxygen atoms in total. The van der Waals surface area contributed by atoms with Crippen molar-refractivity contribution in [2.45, 2.75) is 25.4 Å². The molecule has 3 N–H and O–H groups in total. The van der Waals surface area contributed by atoms with Crippen molar-refractivity contribution in [1.82, 2.24) is 0 Å². The predicted octanol–water partition coefficient (Wildman–Crippen LogP) is 0.997. The Morgan fingerprint density at radius 2 is 2.28 bits per heavy atom. The molecule has 0 bridgehead atoms. The van der Waals surface area contributed by atoms with Gasteiger partial charge in [-0.1, -0.05) is 6.07 Å². The number of rotatable bonds is 4. The van der Waals surface area contributed by atoms with Gasteiger partial charge in [-0.2, -0.15) is 0 Å². The predicted molar refractivity (Wildman–Crippen MR) is 66.5 cm³/mol. The first kappa shape index (κ1) is 12.9. The van der Waals surface area contributed by atoms with Crippen molar-refractivity contribution in [1.29, 1.82) is 0 Å². The molecular formula is C13H17NO4. The van der Waals surface area contributed by atoms with Crippen LogP contribution in [0, 0.1) is 0 Å². The van der Waals surface area contributed by atoms with Crippen molar-refractivity contribution >= 4 is 11.6 Å². The van der Waals surface area contributed by atoms with E-state index in [4.69, 9.17) is 9.84 Å². The fourth-order valence-corrected chi connectivity index (χ4v) is 1.99. The summed E-state index contributed by atoms with van der Waals surface area (Å²) in [4.78, 5) is 11.2. The van der Waals surface area contributed by atoms with Crippen LogP contribution in [0.4, 0.5) is 5.69 Å². The Kier molecular flexibility index (Phi) is 3.54. The number of fused-ring (bicyclic) bond motifs is 1. The Labute approximate surface area is 105 Å². The van der Waals surface area contributed by atoms with Crippen LogP contribution in [0.3, 0.4) is 0 Å². The second kappa shape index (κ2) is 4.96. The molecule has 0 aliphatic carbocycles. The first-order valence-corrected chi connectivity index (χ1v) is 5.93. The minimum absolute atomic E-state index is 0.0211. The van der Waals surface area contributed by atoms with E-state index in [1.165, 1.54) is 0 Å². The number of ether oxygens (including phenoxy) is 1. The van der Waals surface area contributed by atoms with Crippen LogP contribution in [0.25, 0.3) is 0 Å². The highest BCUT2D eigenvalue weighted by atomic mass is 16.5. The van der Waals surface area contributed by atoms with Crippen molar-refractivity contribution in [3.63, 3.8) is 0 Å². The number of hydrogen-bond acceptors (Lipinski definition) is 4. The molecule has 0 spiro atoms. The summed E-state index contributed by atoms with van der Waals surface area (Å²) in [6, 6.07) is 5.22. The van der Waals surface area contributed by atoms with Crippen molar-refractivity contribution in [3.05, 3.63) is 23.8 Å². The van der Waals surface area contributed by atoms with Gasteiger partial charge in [-0.3, -0.25) is 4.79 Å². The van der Waals surface area contributed by atoms with E-state index in [0.29, 0.717) is 29.8 Å². The number of carbonyl (C=O) groups is 1. The quantitative estimate of drug-likeness (QED) is 0.746. The Morgan fingerprint density at radius 3 is 3.00 bits per heavy atom. The maximum Gasteiger partial charge on any atom is 0.262 e. The molecule has 0 radical (unpaired) electrons. The molecule has 1 amide bonds. The maximum absolute atomic E-state index is 11.2. The van der Waals surface area contributed by atoms with Gasteiger partial charge in [-0.25, -0.2) is 0 Å². The van der Waals surface area contributed by atoms with E-state index in [2.05, 4.69) is 5.32 Å². The highest BCUT2D eigenvalue weighted by Crippen LogP contribution is 2.34. The van der Waals surface area contributed by atoms with Gasteiger partial charge >= 0.3 is 0 Å². The minimum atomic E-state index is -1.03. The van der Waals surface area contributed by atoms with E-state index in [1.54, 1.807) is 25.1 Å². The highest BCUT2D eigenvalue weighted by molar-refractivity contribution is 5.95. The van der Waals surface area contributed by atoms with E-state index < -0.39 is 5.60 Å². The van der Waals surface area contributed by atoms with Crippen LogP contribution < -0.4 is 10.1 Å². The molecule has 98 valence electrons. The zero-order chi connectivity index (χ0) is 13.2. The van der Waals surface area contributed by atoms with Crippen molar-refractivity contribution in [2.75, 3.05) is 18.5 Å². The normalized spacial score (nSPS) is 17.4. The average molecular weight is 251 g/mol. The summed E-state index contributed by atoms with van der Waals surface area (Å²) >= 11 is 0. The maximum atomic E-state index is 11.2. The molecule has 2 rings (SSSR count). The fraction of sp³-hybridized carbons (Fsp3) is 0.462. The molecule has 0 saturated carbocycles. The summed E-state index contributed by atoms with van der Waals surface area (Å²) in [5, 5.41) is 21.8. The second-order valence-electron chi connectivity index (χ2n) is 4.65. The van der Waals surface area contributed by atoms with Crippen LogP contribution in [-0.2, 0) is 10.4 Å². The largest absolute Gasteiger partial charge is 0.482 e. The molecule has 0 fully saturated rings. The van der Waals surface area contributed by atoms with Crippen LogP contribution in [0.15, 0.2) is 18.2 Å². The zero-order valence-electron chi connectivity index (χ0n) is 10.3. The van der Waals surface area contributed by atoms with Gasteiger partial charge < -0.3 is 20.3 Å². The number of anilines is 1. The summed E-state index contributed by atoms with van der Waals surface area (Å²) < 4.78 is 5.25. The molecule has 1 aromatic carbocycles. The first-order chi connectivity index (χ1) is 8.53. The van der Waals surface area contributed by atoms with Gasteiger partial charge in [-0.05, 0) is 37.5 Å². The van der Waals surface area contributed by atoms with E-state index in [9.17, 15) is 9.90 Å². The summed E-state index contributed by atoms with van der Waals surface area (Å²) in [6.07, 6.45) is 0.976. The van der Waals surface area contributed by atoms with Gasteiger partial charge in [0.2, 0.25) is 0 Å². The lowest BCUT2D eigenvalue weighted by atomic mass is 9.90. The molecule has 1 heterocycles. The number of benzene rings is 1.